The van der Waals surface area contributed by atoms with E-state index in [9.17, 15) is 0 Å². The second-order valence-electron chi connectivity index (χ2n) is 5.85. The Hall–Kier alpha value is -1.08. The Bertz CT molecular complexity index is 462. The maximum absolute atomic E-state index is 3.78. The van der Waals surface area contributed by atoms with Gasteiger partial charge in [0, 0.05) is 18.5 Å². The molecule has 1 N–H and O–H groups in total. The van der Waals surface area contributed by atoms with Gasteiger partial charge in [-0.15, -0.1) is 0 Å². The van der Waals surface area contributed by atoms with E-state index in [2.05, 4.69) is 41.7 Å². The Morgan fingerprint density at radius 3 is 3.06 bits per heavy atom. The molecule has 1 saturated carbocycles. The average molecular weight is 225 g/mol. The van der Waals surface area contributed by atoms with Crippen molar-refractivity contribution in [2.75, 3.05) is 6.54 Å². The molecule has 1 aromatic rings. The number of nitrogens with one attached hydrogen (secondary N) is 1. The van der Waals surface area contributed by atoms with Crippen LogP contribution >= 0.6 is 0 Å². The van der Waals surface area contributed by atoms with E-state index in [0.717, 1.165) is 23.8 Å². The van der Waals surface area contributed by atoms with E-state index in [1.165, 1.54) is 25.8 Å². The minimum atomic E-state index is 0.770. The summed E-state index contributed by atoms with van der Waals surface area (Å²) in [4.78, 5) is 0. The van der Waals surface area contributed by atoms with E-state index in [-0.39, 0.29) is 0 Å². The molecule has 0 amide bonds. The molecule has 3 aliphatic rings. The lowest BCUT2D eigenvalue weighted by molar-refractivity contribution is 0.160. The molecule has 1 nitrogen and oxygen atoms in total. The summed E-state index contributed by atoms with van der Waals surface area (Å²) in [6.07, 6.45) is 8.80. The summed E-state index contributed by atoms with van der Waals surface area (Å²) in [6, 6.07) is 9.66. The Labute approximate surface area is 103 Å². The Balaban J connectivity index is 1.34. The summed E-state index contributed by atoms with van der Waals surface area (Å²) in [5.74, 6) is 2.60. The van der Waals surface area contributed by atoms with Gasteiger partial charge in [0.25, 0.3) is 0 Å². The van der Waals surface area contributed by atoms with Crippen LogP contribution in [-0.4, -0.2) is 12.6 Å². The highest BCUT2D eigenvalue weighted by Crippen LogP contribution is 2.43. The van der Waals surface area contributed by atoms with Crippen molar-refractivity contribution in [2.24, 2.45) is 11.8 Å². The van der Waals surface area contributed by atoms with Crippen LogP contribution in [0.1, 0.15) is 29.9 Å². The van der Waals surface area contributed by atoms with Crippen molar-refractivity contribution in [2.45, 2.75) is 31.2 Å². The number of benzene rings is 1. The van der Waals surface area contributed by atoms with Gasteiger partial charge in [0.05, 0.1) is 0 Å². The second kappa shape index (κ2) is 3.71. The number of fused-ring (bicyclic) bond motifs is 2. The van der Waals surface area contributed by atoms with Crippen LogP contribution in [0.3, 0.4) is 0 Å². The molecule has 0 spiro atoms. The first-order valence-electron chi connectivity index (χ1n) is 6.89. The van der Waals surface area contributed by atoms with Crippen LogP contribution in [0.4, 0.5) is 0 Å². The van der Waals surface area contributed by atoms with E-state index >= 15 is 0 Å². The van der Waals surface area contributed by atoms with Crippen molar-refractivity contribution in [3.8, 4) is 0 Å². The van der Waals surface area contributed by atoms with Crippen molar-refractivity contribution in [3.63, 3.8) is 0 Å². The molecular weight excluding hydrogens is 206 g/mol. The molecule has 0 aliphatic heterocycles. The predicted molar refractivity (Wildman–Crippen MR) is 70.0 cm³/mol. The number of hydrogen-bond donors (Lipinski definition) is 1. The van der Waals surface area contributed by atoms with Gasteiger partial charge in [-0.1, -0.05) is 36.4 Å². The minimum Gasteiger partial charge on any atom is -0.313 e. The van der Waals surface area contributed by atoms with Gasteiger partial charge in [-0.2, -0.15) is 0 Å². The van der Waals surface area contributed by atoms with Crippen molar-refractivity contribution >= 4 is 0 Å². The molecule has 3 aliphatic carbocycles. The molecule has 0 radical (unpaired) electrons. The van der Waals surface area contributed by atoms with Crippen LogP contribution in [0.2, 0.25) is 0 Å². The number of rotatable bonds is 3. The highest BCUT2D eigenvalue weighted by Gasteiger charge is 2.41. The molecule has 4 rings (SSSR count). The molecule has 1 fully saturated rings. The van der Waals surface area contributed by atoms with Gasteiger partial charge in [-0.3, -0.25) is 0 Å². The van der Waals surface area contributed by atoms with Gasteiger partial charge >= 0.3 is 0 Å². The zero-order chi connectivity index (χ0) is 11.2. The fraction of sp³-hybridized carbons (Fsp3) is 0.500. The summed E-state index contributed by atoms with van der Waals surface area (Å²) in [5.41, 5.74) is 3.14. The summed E-state index contributed by atoms with van der Waals surface area (Å²) in [5, 5.41) is 3.78. The van der Waals surface area contributed by atoms with Gasteiger partial charge in [0.15, 0.2) is 0 Å². The molecule has 4 atom stereocenters. The largest absolute Gasteiger partial charge is 0.313 e. The third kappa shape index (κ3) is 1.49. The lowest BCUT2D eigenvalue weighted by atomic mass is 9.70. The standard InChI is InChI=1S/C16H19N/c1-2-6-14-11(4-1)8-13(14)10-17-16-9-12-5-3-7-15(12)16/h1-4,6-7,12-13,15-17H,5,8-10H2. The zero-order valence-corrected chi connectivity index (χ0v) is 10.1. The summed E-state index contributed by atoms with van der Waals surface area (Å²) in [7, 11) is 0. The molecule has 4 unspecified atom stereocenters. The lowest BCUT2D eigenvalue weighted by Crippen LogP contribution is -2.49. The Kier molecular flexibility index (Phi) is 2.16. The molecule has 88 valence electrons. The summed E-state index contributed by atoms with van der Waals surface area (Å²) >= 11 is 0. The second-order valence-corrected chi connectivity index (χ2v) is 5.85. The SMILES string of the molecule is C1=CC2C(C1)CC2NCC1Cc2ccccc21. The first-order valence-corrected chi connectivity index (χ1v) is 6.89. The molecule has 1 heteroatoms. The normalized spacial score (nSPS) is 36.9. The molecule has 0 aromatic heterocycles. The molecule has 0 saturated heterocycles. The van der Waals surface area contributed by atoms with E-state index < -0.39 is 0 Å². The van der Waals surface area contributed by atoms with Crippen LogP contribution in [0, 0.1) is 11.8 Å². The van der Waals surface area contributed by atoms with E-state index in [1.54, 1.807) is 11.1 Å². The molecule has 17 heavy (non-hydrogen) atoms. The van der Waals surface area contributed by atoms with Crippen molar-refractivity contribution in [1.82, 2.24) is 5.32 Å². The average Bonchev–Trinajstić information content (AvgIpc) is 2.66. The molecular formula is C16H19N. The summed E-state index contributed by atoms with van der Waals surface area (Å²) < 4.78 is 0. The van der Waals surface area contributed by atoms with Crippen LogP contribution in [0.25, 0.3) is 0 Å². The van der Waals surface area contributed by atoms with Crippen molar-refractivity contribution < 1.29 is 0 Å². The van der Waals surface area contributed by atoms with Crippen LogP contribution in [0.15, 0.2) is 36.4 Å². The van der Waals surface area contributed by atoms with Crippen LogP contribution in [0.5, 0.6) is 0 Å². The Morgan fingerprint density at radius 1 is 1.24 bits per heavy atom. The third-order valence-electron chi connectivity index (χ3n) is 4.95. The molecule has 1 aromatic carbocycles. The Morgan fingerprint density at radius 2 is 2.18 bits per heavy atom. The van der Waals surface area contributed by atoms with Crippen molar-refractivity contribution in [3.05, 3.63) is 47.5 Å². The minimum absolute atomic E-state index is 0.770. The molecule has 0 bridgehead atoms. The fourth-order valence-corrected chi connectivity index (χ4v) is 3.79. The van der Waals surface area contributed by atoms with E-state index in [1.807, 2.05) is 0 Å². The van der Waals surface area contributed by atoms with Gasteiger partial charge in [-0.05, 0) is 42.2 Å². The number of hydrogen-bond acceptors (Lipinski definition) is 1. The highest BCUT2D eigenvalue weighted by molar-refractivity contribution is 5.40. The maximum atomic E-state index is 3.78. The first kappa shape index (κ1) is 9.90. The van der Waals surface area contributed by atoms with Crippen LogP contribution in [-0.2, 0) is 6.42 Å². The first-order chi connectivity index (χ1) is 8.42. The summed E-state index contributed by atoms with van der Waals surface area (Å²) in [6.45, 7) is 1.18. The van der Waals surface area contributed by atoms with Crippen LogP contribution < -0.4 is 5.32 Å². The topological polar surface area (TPSA) is 12.0 Å². The third-order valence-corrected chi connectivity index (χ3v) is 4.95. The quantitative estimate of drug-likeness (QED) is 0.780. The molecule has 0 heterocycles. The number of allylic oxidation sites excluding steroid dienone is 1. The maximum Gasteiger partial charge on any atom is 0.0136 e. The predicted octanol–water partition coefficient (Wildman–Crippen LogP) is 2.88. The van der Waals surface area contributed by atoms with Gasteiger partial charge in [0.2, 0.25) is 0 Å². The monoisotopic (exact) mass is 225 g/mol. The smallest absolute Gasteiger partial charge is 0.0136 e. The highest BCUT2D eigenvalue weighted by atomic mass is 14.9. The van der Waals surface area contributed by atoms with Gasteiger partial charge < -0.3 is 5.32 Å². The zero-order valence-electron chi connectivity index (χ0n) is 10.1. The van der Waals surface area contributed by atoms with Crippen molar-refractivity contribution in [1.29, 1.82) is 0 Å². The lowest BCUT2D eigenvalue weighted by Gasteiger charge is -2.42. The van der Waals surface area contributed by atoms with E-state index in [0.29, 0.717) is 0 Å². The van der Waals surface area contributed by atoms with E-state index in [4.69, 9.17) is 0 Å². The van der Waals surface area contributed by atoms with Gasteiger partial charge in [0.1, 0.15) is 0 Å². The fourth-order valence-electron chi connectivity index (χ4n) is 3.79. The van der Waals surface area contributed by atoms with Gasteiger partial charge in [-0.25, -0.2) is 0 Å².